The van der Waals surface area contributed by atoms with Gasteiger partial charge in [0.25, 0.3) is 5.91 Å². The first-order chi connectivity index (χ1) is 8.99. The van der Waals surface area contributed by atoms with Crippen molar-refractivity contribution in [2.24, 2.45) is 0 Å². The summed E-state index contributed by atoms with van der Waals surface area (Å²) in [4.78, 5) is 12.0. The minimum absolute atomic E-state index is 0.260. The van der Waals surface area contributed by atoms with Crippen LogP contribution < -0.4 is 5.32 Å². The molecule has 0 spiro atoms. The third-order valence-electron chi connectivity index (χ3n) is 2.38. The minimum Gasteiger partial charge on any atom is -0.321 e. The van der Waals surface area contributed by atoms with Crippen LogP contribution in [0.3, 0.4) is 0 Å². The Hall–Kier alpha value is -1.10. The number of carbonyl (C=O) groups is 1. The van der Waals surface area contributed by atoms with Gasteiger partial charge in [0.2, 0.25) is 0 Å². The van der Waals surface area contributed by atoms with E-state index in [1.807, 2.05) is 0 Å². The number of benzene rings is 2. The standard InChI is InChI=1S/C13H7BrCl2FNO/c14-9-6-7(17)4-5-8(9)13(19)18-11-3-1-2-10(15)12(11)16/h1-6H,(H,18,19). The predicted octanol–water partition coefficient (Wildman–Crippen LogP) is 5.15. The molecule has 0 bridgehead atoms. The second-order valence-corrected chi connectivity index (χ2v) is 5.32. The van der Waals surface area contributed by atoms with Gasteiger partial charge in [-0.05, 0) is 46.3 Å². The molecule has 0 aliphatic heterocycles. The average Bonchev–Trinajstić information content (AvgIpc) is 2.34. The van der Waals surface area contributed by atoms with Gasteiger partial charge in [-0.1, -0.05) is 29.3 Å². The van der Waals surface area contributed by atoms with Crippen molar-refractivity contribution >= 4 is 50.7 Å². The highest BCUT2D eigenvalue weighted by Crippen LogP contribution is 2.30. The van der Waals surface area contributed by atoms with Crippen LogP contribution in [0.5, 0.6) is 0 Å². The van der Waals surface area contributed by atoms with Gasteiger partial charge in [-0.3, -0.25) is 4.79 Å². The third-order valence-corrected chi connectivity index (χ3v) is 3.85. The molecule has 0 atom stereocenters. The molecule has 0 heterocycles. The largest absolute Gasteiger partial charge is 0.321 e. The van der Waals surface area contributed by atoms with Gasteiger partial charge in [-0.15, -0.1) is 0 Å². The summed E-state index contributed by atoms with van der Waals surface area (Å²) in [5.74, 6) is -0.833. The van der Waals surface area contributed by atoms with Gasteiger partial charge >= 0.3 is 0 Å². The molecule has 0 radical (unpaired) electrons. The third kappa shape index (κ3) is 3.26. The summed E-state index contributed by atoms with van der Waals surface area (Å²) in [7, 11) is 0. The Balaban J connectivity index is 2.28. The van der Waals surface area contributed by atoms with Crippen molar-refractivity contribution in [1.82, 2.24) is 0 Å². The monoisotopic (exact) mass is 361 g/mol. The lowest BCUT2D eigenvalue weighted by molar-refractivity contribution is 0.102. The molecule has 2 aromatic carbocycles. The van der Waals surface area contributed by atoms with Crippen LogP contribution in [0.4, 0.5) is 10.1 Å². The van der Waals surface area contributed by atoms with Gasteiger partial charge in [0.1, 0.15) is 5.82 Å². The number of anilines is 1. The minimum atomic E-state index is -0.427. The maximum absolute atomic E-state index is 13.0. The van der Waals surface area contributed by atoms with Crippen molar-refractivity contribution in [3.63, 3.8) is 0 Å². The molecular weight excluding hydrogens is 356 g/mol. The van der Waals surface area contributed by atoms with Gasteiger partial charge < -0.3 is 5.32 Å². The van der Waals surface area contributed by atoms with E-state index in [0.29, 0.717) is 20.7 Å². The molecule has 1 amide bonds. The number of hydrogen-bond acceptors (Lipinski definition) is 1. The topological polar surface area (TPSA) is 29.1 Å². The van der Waals surface area contributed by atoms with E-state index in [0.717, 1.165) is 0 Å². The van der Waals surface area contributed by atoms with Gasteiger partial charge in [0.05, 0.1) is 21.3 Å². The molecule has 0 saturated heterocycles. The fourth-order valence-corrected chi connectivity index (χ4v) is 2.34. The quantitative estimate of drug-likeness (QED) is 0.786. The SMILES string of the molecule is O=C(Nc1cccc(Cl)c1Cl)c1ccc(F)cc1Br. The summed E-state index contributed by atoms with van der Waals surface area (Å²) < 4.78 is 13.3. The van der Waals surface area contributed by atoms with Gasteiger partial charge in [0, 0.05) is 4.47 Å². The average molecular weight is 363 g/mol. The summed E-state index contributed by atoms with van der Waals surface area (Å²) in [6, 6.07) is 8.72. The predicted molar refractivity (Wildman–Crippen MR) is 78.5 cm³/mol. The second-order valence-electron chi connectivity index (χ2n) is 3.68. The van der Waals surface area contributed by atoms with Crippen LogP contribution in [0.15, 0.2) is 40.9 Å². The molecule has 2 nitrogen and oxygen atoms in total. The zero-order valence-electron chi connectivity index (χ0n) is 9.38. The van der Waals surface area contributed by atoms with E-state index >= 15 is 0 Å². The molecule has 1 N–H and O–H groups in total. The number of amides is 1. The Morgan fingerprint density at radius 2 is 1.95 bits per heavy atom. The lowest BCUT2D eigenvalue weighted by Crippen LogP contribution is -2.13. The van der Waals surface area contributed by atoms with Crippen LogP contribution in [0.25, 0.3) is 0 Å². The van der Waals surface area contributed by atoms with Crippen molar-refractivity contribution in [2.45, 2.75) is 0 Å². The number of nitrogens with one attached hydrogen (secondary N) is 1. The van der Waals surface area contributed by atoms with E-state index in [2.05, 4.69) is 21.2 Å². The van der Waals surface area contributed by atoms with E-state index in [-0.39, 0.29) is 5.02 Å². The normalized spacial score (nSPS) is 10.3. The van der Waals surface area contributed by atoms with E-state index in [4.69, 9.17) is 23.2 Å². The highest BCUT2D eigenvalue weighted by atomic mass is 79.9. The molecule has 19 heavy (non-hydrogen) atoms. The smallest absolute Gasteiger partial charge is 0.256 e. The Bertz CT molecular complexity index is 649. The van der Waals surface area contributed by atoms with Crippen molar-refractivity contribution in [2.75, 3.05) is 5.32 Å². The fourth-order valence-electron chi connectivity index (χ4n) is 1.46. The van der Waals surface area contributed by atoms with Crippen molar-refractivity contribution < 1.29 is 9.18 Å². The molecule has 0 aliphatic carbocycles. The Kier molecular flexibility index (Phi) is 4.45. The van der Waals surface area contributed by atoms with Crippen LogP contribution in [-0.2, 0) is 0 Å². The van der Waals surface area contributed by atoms with Crippen LogP contribution >= 0.6 is 39.1 Å². The van der Waals surface area contributed by atoms with E-state index in [1.165, 1.54) is 18.2 Å². The number of hydrogen-bond donors (Lipinski definition) is 1. The van der Waals surface area contributed by atoms with Gasteiger partial charge in [-0.25, -0.2) is 4.39 Å². The van der Waals surface area contributed by atoms with Crippen molar-refractivity contribution in [1.29, 1.82) is 0 Å². The van der Waals surface area contributed by atoms with Crippen molar-refractivity contribution in [3.8, 4) is 0 Å². The highest BCUT2D eigenvalue weighted by molar-refractivity contribution is 9.10. The summed E-state index contributed by atoms with van der Waals surface area (Å²) in [6.45, 7) is 0. The Morgan fingerprint density at radius 3 is 2.63 bits per heavy atom. The Morgan fingerprint density at radius 1 is 1.21 bits per heavy atom. The van der Waals surface area contributed by atoms with Crippen LogP contribution in [0.1, 0.15) is 10.4 Å². The van der Waals surface area contributed by atoms with Crippen molar-refractivity contribution in [3.05, 3.63) is 62.3 Å². The fraction of sp³-hybridized carbons (Fsp3) is 0. The first kappa shape index (κ1) is 14.3. The van der Waals surface area contributed by atoms with E-state index in [9.17, 15) is 9.18 Å². The molecule has 0 fully saturated rings. The van der Waals surface area contributed by atoms with E-state index < -0.39 is 11.7 Å². The number of halogens is 4. The van der Waals surface area contributed by atoms with Gasteiger partial charge in [0.15, 0.2) is 0 Å². The second kappa shape index (κ2) is 5.90. The lowest BCUT2D eigenvalue weighted by atomic mass is 10.2. The molecule has 2 aromatic rings. The molecule has 98 valence electrons. The first-order valence-corrected chi connectivity index (χ1v) is 6.74. The summed E-state index contributed by atoms with van der Waals surface area (Å²) in [5.41, 5.74) is 0.702. The van der Waals surface area contributed by atoms with Gasteiger partial charge in [-0.2, -0.15) is 0 Å². The first-order valence-electron chi connectivity index (χ1n) is 5.19. The maximum atomic E-state index is 13.0. The molecule has 2 rings (SSSR count). The van der Waals surface area contributed by atoms with Crippen LogP contribution in [0, 0.1) is 5.82 Å². The highest BCUT2D eigenvalue weighted by Gasteiger charge is 2.13. The molecule has 0 saturated carbocycles. The zero-order chi connectivity index (χ0) is 14.0. The van der Waals surface area contributed by atoms with Crippen LogP contribution in [-0.4, -0.2) is 5.91 Å². The molecular formula is C13H7BrCl2FNO. The zero-order valence-corrected chi connectivity index (χ0v) is 12.5. The summed E-state index contributed by atoms with van der Waals surface area (Å²) in [6.07, 6.45) is 0. The summed E-state index contributed by atoms with van der Waals surface area (Å²) in [5, 5.41) is 3.22. The summed E-state index contributed by atoms with van der Waals surface area (Å²) >= 11 is 15.0. The lowest BCUT2D eigenvalue weighted by Gasteiger charge is -2.09. The Labute approximate surface area is 127 Å². The molecule has 6 heteroatoms. The molecule has 0 unspecified atom stereocenters. The maximum Gasteiger partial charge on any atom is 0.256 e. The van der Waals surface area contributed by atoms with Crippen LogP contribution in [0.2, 0.25) is 10.0 Å². The van der Waals surface area contributed by atoms with E-state index in [1.54, 1.807) is 18.2 Å². The molecule has 0 aromatic heterocycles. The molecule has 0 aliphatic rings. The number of rotatable bonds is 2. The number of carbonyl (C=O) groups excluding carboxylic acids is 1.